The molecule has 1 aromatic carbocycles. The predicted octanol–water partition coefficient (Wildman–Crippen LogP) is 2.80. The molecule has 2 unspecified atom stereocenters. The van der Waals surface area contributed by atoms with Gasteiger partial charge in [0.1, 0.15) is 18.6 Å². The summed E-state index contributed by atoms with van der Waals surface area (Å²) in [6.07, 6.45) is 5.50. The van der Waals surface area contributed by atoms with Crippen molar-refractivity contribution in [1.29, 1.82) is 0 Å². The maximum absolute atomic E-state index is 13.0. The van der Waals surface area contributed by atoms with Crippen LogP contribution in [0.2, 0.25) is 10.0 Å². The fourth-order valence-corrected chi connectivity index (χ4v) is 4.11. The topological polar surface area (TPSA) is 71.3 Å². The third-order valence-corrected chi connectivity index (χ3v) is 5.98. The van der Waals surface area contributed by atoms with Gasteiger partial charge >= 0.3 is 0 Å². The second kappa shape index (κ2) is 7.48. The summed E-state index contributed by atoms with van der Waals surface area (Å²) < 4.78 is 1.79. The Labute approximate surface area is 166 Å². The summed E-state index contributed by atoms with van der Waals surface area (Å²) in [7, 11) is 0. The van der Waals surface area contributed by atoms with E-state index in [4.69, 9.17) is 23.2 Å². The second-order valence-electron chi connectivity index (χ2n) is 6.89. The van der Waals surface area contributed by atoms with Crippen molar-refractivity contribution < 1.29 is 9.59 Å². The number of carbonyl (C=O) groups is 2. The van der Waals surface area contributed by atoms with Crippen molar-refractivity contribution in [3.05, 3.63) is 40.9 Å². The Hall–Kier alpha value is -2.12. The maximum atomic E-state index is 13.0. The summed E-state index contributed by atoms with van der Waals surface area (Å²) >= 11 is 12.0. The average Bonchev–Trinajstić information content (AvgIpc) is 3.34. The zero-order valence-electron chi connectivity index (χ0n) is 14.6. The minimum Gasteiger partial charge on any atom is -0.340 e. The number of anilines is 1. The van der Waals surface area contributed by atoms with Crippen molar-refractivity contribution in [2.75, 3.05) is 24.5 Å². The highest BCUT2D eigenvalue weighted by molar-refractivity contribution is 6.42. The molecule has 3 heterocycles. The normalized spacial score (nSPS) is 23.1. The standard InChI is InChI=1S/C18H19Cl2N5O2/c19-15-4-3-12(8-16(15)20)24-7-5-14(18(24)27)17(26)23-6-1-2-13(9-23)25-11-21-10-22-25/h3-4,8,10-11,13-14H,1-2,5-7,9H2. The van der Waals surface area contributed by atoms with Crippen LogP contribution in [0.4, 0.5) is 5.69 Å². The van der Waals surface area contributed by atoms with Crippen LogP contribution in [0.25, 0.3) is 0 Å². The van der Waals surface area contributed by atoms with Crippen LogP contribution in [0, 0.1) is 5.92 Å². The highest BCUT2D eigenvalue weighted by Crippen LogP contribution is 2.32. The van der Waals surface area contributed by atoms with E-state index >= 15 is 0 Å². The molecule has 2 aliphatic rings. The van der Waals surface area contributed by atoms with Gasteiger partial charge in [-0.1, -0.05) is 23.2 Å². The Morgan fingerprint density at radius 2 is 2.00 bits per heavy atom. The van der Waals surface area contributed by atoms with Gasteiger partial charge in [-0.3, -0.25) is 9.59 Å². The number of aromatic nitrogens is 3. The van der Waals surface area contributed by atoms with Gasteiger partial charge in [0.15, 0.2) is 0 Å². The number of nitrogens with zero attached hydrogens (tertiary/aromatic N) is 5. The fraction of sp³-hybridized carbons (Fsp3) is 0.444. The maximum Gasteiger partial charge on any atom is 0.239 e. The molecular weight excluding hydrogens is 389 g/mol. The van der Waals surface area contributed by atoms with E-state index in [2.05, 4.69) is 10.1 Å². The summed E-state index contributed by atoms with van der Waals surface area (Å²) in [5, 5.41) is 5.01. The Balaban J connectivity index is 1.46. The third kappa shape index (κ3) is 3.53. The van der Waals surface area contributed by atoms with Crippen molar-refractivity contribution in [2.45, 2.75) is 25.3 Å². The molecule has 0 saturated carbocycles. The first kappa shape index (κ1) is 18.3. The van der Waals surface area contributed by atoms with Crippen LogP contribution in [0.15, 0.2) is 30.9 Å². The summed E-state index contributed by atoms with van der Waals surface area (Å²) in [6.45, 7) is 1.72. The van der Waals surface area contributed by atoms with Crippen LogP contribution in [-0.4, -0.2) is 51.1 Å². The minimum atomic E-state index is -0.644. The Morgan fingerprint density at radius 1 is 1.15 bits per heavy atom. The smallest absolute Gasteiger partial charge is 0.239 e. The molecule has 2 aliphatic heterocycles. The summed E-state index contributed by atoms with van der Waals surface area (Å²) in [5.74, 6) is -0.928. The van der Waals surface area contributed by atoms with Gasteiger partial charge in [0.05, 0.1) is 16.1 Å². The molecule has 142 valence electrons. The number of hydrogen-bond donors (Lipinski definition) is 0. The van der Waals surface area contributed by atoms with Gasteiger partial charge in [-0.15, -0.1) is 0 Å². The minimum absolute atomic E-state index is 0.104. The number of benzene rings is 1. The van der Waals surface area contributed by atoms with Crippen molar-refractivity contribution in [3.8, 4) is 0 Å². The van der Waals surface area contributed by atoms with Crippen LogP contribution >= 0.6 is 23.2 Å². The lowest BCUT2D eigenvalue weighted by molar-refractivity contribution is -0.141. The van der Waals surface area contributed by atoms with Crippen LogP contribution in [0.1, 0.15) is 25.3 Å². The lowest BCUT2D eigenvalue weighted by Crippen LogP contribution is -2.45. The molecule has 2 saturated heterocycles. The molecule has 2 amide bonds. The first-order valence-electron chi connectivity index (χ1n) is 8.94. The lowest BCUT2D eigenvalue weighted by Gasteiger charge is -2.33. The van der Waals surface area contributed by atoms with Crippen molar-refractivity contribution >= 4 is 40.7 Å². The largest absolute Gasteiger partial charge is 0.340 e. The van der Waals surface area contributed by atoms with Gasteiger partial charge in [0, 0.05) is 25.3 Å². The number of rotatable bonds is 3. The molecule has 27 heavy (non-hydrogen) atoms. The number of likely N-dealkylation sites (tertiary alicyclic amines) is 1. The molecule has 0 aliphatic carbocycles. The Bertz CT molecular complexity index is 857. The molecule has 2 aromatic rings. The molecule has 9 heteroatoms. The van der Waals surface area contributed by atoms with Gasteiger partial charge in [-0.05, 0) is 37.5 Å². The van der Waals surface area contributed by atoms with Gasteiger partial charge in [0.2, 0.25) is 11.8 Å². The lowest BCUT2D eigenvalue weighted by atomic mass is 10.0. The van der Waals surface area contributed by atoms with E-state index in [0.717, 1.165) is 12.8 Å². The molecule has 2 fully saturated rings. The number of hydrogen-bond acceptors (Lipinski definition) is 4. The summed E-state index contributed by atoms with van der Waals surface area (Å²) in [4.78, 5) is 33.3. The van der Waals surface area contributed by atoms with E-state index in [-0.39, 0.29) is 17.9 Å². The highest BCUT2D eigenvalue weighted by atomic mass is 35.5. The number of amides is 2. The van der Waals surface area contributed by atoms with Gasteiger partial charge in [-0.25, -0.2) is 9.67 Å². The first-order chi connectivity index (χ1) is 13.0. The van der Waals surface area contributed by atoms with Gasteiger partial charge in [0.25, 0.3) is 0 Å². The second-order valence-corrected chi connectivity index (χ2v) is 7.70. The first-order valence-corrected chi connectivity index (χ1v) is 9.69. The van der Waals surface area contributed by atoms with E-state index in [1.54, 1.807) is 39.0 Å². The number of halogens is 2. The summed E-state index contributed by atoms with van der Waals surface area (Å²) in [5.41, 5.74) is 0.670. The monoisotopic (exact) mass is 407 g/mol. The van der Waals surface area contributed by atoms with E-state index in [1.807, 2.05) is 0 Å². The molecule has 0 bridgehead atoms. The zero-order chi connectivity index (χ0) is 19.0. The van der Waals surface area contributed by atoms with Gasteiger partial charge in [-0.2, -0.15) is 5.10 Å². The van der Waals surface area contributed by atoms with Crippen molar-refractivity contribution in [3.63, 3.8) is 0 Å². The van der Waals surface area contributed by atoms with Crippen LogP contribution in [0.3, 0.4) is 0 Å². The quantitative estimate of drug-likeness (QED) is 0.733. The Morgan fingerprint density at radius 3 is 2.74 bits per heavy atom. The number of carbonyl (C=O) groups excluding carboxylic acids is 2. The van der Waals surface area contributed by atoms with E-state index in [9.17, 15) is 9.59 Å². The van der Waals surface area contributed by atoms with Crippen molar-refractivity contribution in [1.82, 2.24) is 19.7 Å². The van der Waals surface area contributed by atoms with Crippen LogP contribution in [0.5, 0.6) is 0 Å². The average molecular weight is 408 g/mol. The van der Waals surface area contributed by atoms with Crippen LogP contribution in [-0.2, 0) is 9.59 Å². The molecule has 1 aromatic heterocycles. The van der Waals surface area contributed by atoms with E-state index in [0.29, 0.717) is 41.8 Å². The SMILES string of the molecule is O=C(C1CCN(c2ccc(Cl)c(Cl)c2)C1=O)N1CCCC(n2cncn2)C1. The van der Waals surface area contributed by atoms with Crippen molar-refractivity contribution in [2.24, 2.45) is 5.92 Å². The predicted molar refractivity (Wildman–Crippen MR) is 102 cm³/mol. The molecule has 4 rings (SSSR count). The zero-order valence-corrected chi connectivity index (χ0v) is 16.1. The molecular formula is C18H19Cl2N5O2. The molecule has 2 atom stereocenters. The molecule has 0 N–H and O–H groups in total. The fourth-order valence-electron chi connectivity index (χ4n) is 3.82. The molecule has 0 radical (unpaired) electrons. The molecule has 0 spiro atoms. The third-order valence-electron chi connectivity index (χ3n) is 5.24. The van der Waals surface area contributed by atoms with E-state index < -0.39 is 5.92 Å². The highest BCUT2D eigenvalue weighted by Gasteiger charge is 2.41. The van der Waals surface area contributed by atoms with E-state index in [1.165, 1.54) is 6.33 Å². The Kier molecular flexibility index (Phi) is 5.06. The van der Waals surface area contributed by atoms with Gasteiger partial charge < -0.3 is 9.80 Å². The number of piperidine rings is 1. The van der Waals surface area contributed by atoms with Crippen LogP contribution < -0.4 is 4.90 Å². The molecule has 7 nitrogen and oxygen atoms in total. The summed E-state index contributed by atoms with van der Waals surface area (Å²) in [6, 6.07) is 5.18.